The quantitative estimate of drug-likeness (QED) is 0.356. The molecular formula is C28H29N3O7. The Balaban J connectivity index is 1.63. The number of hydrogen-bond acceptors (Lipinski definition) is 8. The number of rotatable bonds is 7. The summed E-state index contributed by atoms with van der Waals surface area (Å²) in [5.41, 5.74) is 2.00. The van der Waals surface area contributed by atoms with Crippen molar-refractivity contribution in [1.29, 1.82) is 0 Å². The molecule has 0 saturated carbocycles. The summed E-state index contributed by atoms with van der Waals surface area (Å²) >= 11 is 0. The summed E-state index contributed by atoms with van der Waals surface area (Å²) < 4.78 is 12.7. The maximum atomic E-state index is 13.7. The first kappa shape index (κ1) is 25.4. The molecule has 2 aliphatic heterocycles. The van der Waals surface area contributed by atoms with Crippen LogP contribution in [0.15, 0.2) is 29.1 Å². The van der Waals surface area contributed by atoms with Crippen molar-refractivity contribution in [3.05, 3.63) is 56.9 Å². The minimum absolute atomic E-state index is 0.0356. The number of phenols is 1. The van der Waals surface area contributed by atoms with Crippen molar-refractivity contribution in [2.24, 2.45) is 0 Å². The monoisotopic (exact) mass is 519 g/mol. The Hall–Kier alpha value is -4.21. The highest BCUT2D eigenvalue weighted by atomic mass is 16.6. The molecule has 0 fully saturated rings. The number of fused-ring (bicyclic) bond motifs is 5. The Morgan fingerprint density at radius 3 is 2.68 bits per heavy atom. The number of amides is 1. The maximum Gasteiger partial charge on any atom is 0.355 e. The second-order valence-electron chi connectivity index (χ2n) is 9.54. The molecule has 2 aromatic heterocycles. The van der Waals surface area contributed by atoms with E-state index < -0.39 is 24.1 Å². The molecule has 0 bridgehead atoms. The number of aromatic hydroxyl groups is 1. The van der Waals surface area contributed by atoms with Gasteiger partial charge in [0.05, 0.1) is 29.0 Å². The summed E-state index contributed by atoms with van der Waals surface area (Å²) in [5.74, 6) is -1.74. The molecule has 0 spiro atoms. The largest absolute Gasteiger partial charge is 0.508 e. The summed E-state index contributed by atoms with van der Waals surface area (Å²) in [5, 5.41) is 13.4. The van der Waals surface area contributed by atoms with E-state index in [-0.39, 0.29) is 54.3 Å². The van der Waals surface area contributed by atoms with E-state index in [0.29, 0.717) is 29.7 Å². The highest BCUT2D eigenvalue weighted by Gasteiger charge is 2.50. The van der Waals surface area contributed by atoms with Gasteiger partial charge in [0.1, 0.15) is 18.9 Å². The molecule has 10 heteroatoms. The zero-order valence-corrected chi connectivity index (χ0v) is 21.6. The highest BCUT2D eigenvalue weighted by Crippen LogP contribution is 2.42. The topological polar surface area (TPSA) is 137 Å². The van der Waals surface area contributed by atoms with E-state index in [1.54, 1.807) is 35.8 Å². The summed E-state index contributed by atoms with van der Waals surface area (Å²) in [6.07, 6.45) is 1.59. The summed E-state index contributed by atoms with van der Waals surface area (Å²) in [6, 6.07) is 6.66. The average molecular weight is 520 g/mol. The molecule has 38 heavy (non-hydrogen) atoms. The average Bonchev–Trinajstić information content (AvgIpc) is 3.26. The number of benzene rings is 1. The second kappa shape index (κ2) is 9.59. The van der Waals surface area contributed by atoms with Crippen molar-refractivity contribution < 1.29 is 29.0 Å². The molecule has 10 nitrogen and oxygen atoms in total. The van der Waals surface area contributed by atoms with Gasteiger partial charge in [0.25, 0.3) is 5.56 Å². The number of hydrogen-bond donors (Lipinski definition) is 2. The first-order chi connectivity index (χ1) is 18.2. The molecule has 3 aromatic rings. The molecule has 0 aliphatic carbocycles. The molecule has 1 amide bonds. The predicted octanol–water partition coefficient (Wildman–Crippen LogP) is 2.81. The number of carbonyl (C=O) groups excluding carboxylic acids is 3. The molecule has 198 valence electrons. The van der Waals surface area contributed by atoms with Gasteiger partial charge in [-0.05, 0) is 49.1 Å². The van der Waals surface area contributed by atoms with Crippen LogP contribution in [-0.2, 0) is 49.0 Å². The number of carbonyl (C=O) groups is 3. The highest BCUT2D eigenvalue weighted by molar-refractivity contribution is 5.91. The van der Waals surface area contributed by atoms with Gasteiger partial charge in [-0.1, -0.05) is 20.8 Å². The molecule has 0 radical (unpaired) electrons. The zero-order valence-electron chi connectivity index (χ0n) is 21.6. The standard InChI is InChI=1S/C28H29N3O7/c1-4-7-23(33)29-12-24(34)38-28(6-3)20-11-22-25-18(13-31(22)26(35)19(20)14-37-27(28)36)16(5-2)17-10-15(32)8-9-21(17)30-25/h8-11,32H,4-7,12-14H2,1-3H3,(H,29,33)/t28-/m0/s1. The van der Waals surface area contributed by atoms with Crippen LogP contribution in [0.5, 0.6) is 5.75 Å². The SMILES string of the molecule is CCCC(=O)NCC(=O)O[C@]1(CC)C(=O)OCc2c1cc1n(c2=O)Cc2c-1nc1ccc(O)cc1c2CC. The van der Waals surface area contributed by atoms with E-state index in [9.17, 15) is 24.3 Å². The Morgan fingerprint density at radius 2 is 1.97 bits per heavy atom. The lowest BCUT2D eigenvalue weighted by molar-refractivity contribution is -0.189. The third-order valence-electron chi connectivity index (χ3n) is 7.31. The smallest absolute Gasteiger partial charge is 0.355 e. The van der Waals surface area contributed by atoms with E-state index in [0.717, 1.165) is 16.5 Å². The van der Waals surface area contributed by atoms with Gasteiger partial charge in [-0.2, -0.15) is 0 Å². The molecule has 5 rings (SSSR count). The molecule has 1 aromatic carbocycles. The van der Waals surface area contributed by atoms with Crippen molar-refractivity contribution >= 4 is 28.7 Å². The van der Waals surface area contributed by atoms with Gasteiger partial charge < -0.3 is 24.5 Å². The molecule has 4 heterocycles. The number of nitrogens with zero attached hydrogens (tertiary/aromatic N) is 2. The third kappa shape index (κ3) is 3.91. The van der Waals surface area contributed by atoms with E-state index in [2.05, 4.69) is 5.32 Å². The van der Waals surface area contributed by atoms with Crippen molar-refractivity contribution in [2.75, 3.05) is 6.54 Å². The van der Waals surface area contributed by atoms with Crippen LogP contribution in [0.3, 0.4) is 0 Å². The fourth-order valence-electron chi connectivity index (χ4n) is 5.43. The van der Waals surface area contributed by atoms with Gasteiger partial charge in [0, 0.05) is 22.9 Å². The van der Waals surface area contributed by atoms with Gasteiger partial charge >= 0.3 is 11.9 Å². The van der Waals surface area contributed by atoms with Crippen LogP contribution in [0.2, 0.25) is 0 Å². The number of cyclic esters (lactones) is 1. The molecule has 0 unspecified atom stereocenters. The van der Waals surface area contributed by atoms with Gasteiger partial charge in [-0.25, -0.2) is 9.78 Å². The van der Waals surface area contributed by atoms with E-state index in [1.807, 2.05) is 13.8 Å². The van der Waals surface area contributed by atoms with E-state index >= 15 is 0 Å². The van der Waals surface area contributed by atoms with Crippen LogP contribution in [0.1, 0.15) is 62.3 Å². The number of nitrogens with one attached hydrogen (secondary N) is 1. The van der Waals surface area contributed by atoms with Crippen LogP contribution in [0.4, 0.5) is 0 Å². The van der Waals surface area contributed by atoms with Gasteiger partial charge in [0.15, 0.2) is 0 Å². The lowest BCUT2D eigenvalue weighted by Crippen LogP contribution is -2.48. The number of esters is 2. The summed E-state index contributed by atoms with van der Waals surface area (Å²) in [4.78, 5) is 56.2. The molecular weight excluding hydrogens is 490 g/mol. The fraction of sp³-hybridized carbons (Fsp3) is 0.393. The molecule has 2 N–H and O–H groups in total. The Morgan fingerprint density at radius 1 is 1.18 bits per heavy atom. The van der Waals surface area contributed by atoms with Gasteiger partial charge in [-0.15, -0.1) is 0 Å². The van der Waals surface area contributed by atoms with Crippen LogP contribution in [0, 0.1) is 0 Å². The zero-order chi connectivity index (χ0) is 27.2. The van der Waals surface area contributed by atoms with Crippen LogP contribution in [0.25, 0.3) is 22.3 Å². The molecule has 0 saturated heterocycles. The van der Waals surface area contributed by atoms with E-state index in [1.165, 1.54) is 0 Å². The first-order valence-corrected chi connectivity index (χ1v) is 12.8. The Labute approximate surface area is 218 Å². The lowest BCUT2D eigenvalue weighted by Gasteiger charge is -2.35. The number of phenolic OH excluding ortho intramolecular Hbond substituents is 1. The van der Waals surface area contributed by atoms with Crippen LogP contribution >= 0.6 is 0 Å². The van der Waals surface area contributed by atoms with Gasteiger partial charge in [-0.3, -0.25) is 14.4 Å². The van der Waals surface area contributed by atoms with Crippen molar-refractivity contribution in [3.63, 3.8) is 0 Å². The molecule has 2 aliphatic rings. The molecule has 1 atom stereocenters. The van der Waals surface area contributed by atoms with Gasteiger partial charge in [0.2, 0.25) is 11.5 Å². The first-order valence-electron chi connectivity index (χ1n) is 12.8. The summed E-state index contributed by atoms with van der Waals surface area (Å²) in [7, 11) is 0. The number of aromatic nitrogens is 2. The van der Waals surface area contributed by atoms with Crippen LogP contribution in [-0.4, -0.2) is 39.0 Å². The fourth-order valence-corrected chi connectivity index (χ4v) is 5.43. The lowest BCUT2D eigenvalue weighted by atomic mass is 9.85. The number of aryl methyl sites for hydroxylation is 1. The second-order valence-corrected chi connectivity index (χ2v) is 9.54. The van der Waals surface area contributed by atoms with E-state index in [4.69, 9.17) is 14.5 Å². The maximum absolute atomic E-state index is 13.7. The van der Waals surface area contributed by atoms with Crippen molar-refractivity contribution in [2.45, 2.75) is 65.2 Å². The van der Waals surface area contributed by atoms with Crippen molar-refractivity contribution in [3.8, 4) is 17.1 Å². The normalized spacial score (nSPS) is 17.4. The Bertz CT molecular complexity index is 1560. The van der Waals surface area contributed by atoms with Crippen LogP contribution < -0.4 is 10.9 Å². The number of ether oxygens (including phenoxy) is 2. The summed E-state index contributed by atoms with van der Waals surface area (Å²) in [6.45, 7) is 5.17. The van der Waals surface area contributed by atoms with Crippen molar-refractivity contribution in [1.82, 2.24) is 14.9 Å². The predicted molar refractivity (Wildman–Crippen MR) is 137 cm³/mol. The third-order valence-corrected chi connectivity index (χ3v) is 7.31. The minimum atomic E-state index is -1.83. The number of pyridine rings is 2. The minimum Gasteiger partial charge on any atom is -0.508 e. The Kier molecular flexibility index (Phi) is 6.42.